The van der Waals surface area contributed by atoms with E-state index < -0.39 is 69.7 Å². The van der Waals surface area contributed by atoms with Crippen molar-refractivity contribution in [1.29, 1.82) is 0 Å². The number of benzene rings is 1. The Morgan fingerprint density at radius 2 is 1.85 bits per heavy atom. The van der Waals surface area contributed by atoms with E-state index in [1.165, 1.54) is 11.0 Å². The highest BCUT2D eigenvalue weighted by Crippen LogP contribution is 2.53. The first-order valence-electron chi connectivity index (χ1n) is 12.9. The largest absolute Gasteiger partial charge is 0.508 e. The predicted molar refractivity (Wildman–Crippen MR) is 148 cm³/mol. The average Bonchev–Trinajstić information content (AvgIpc) is 2.85. The van der Waals surface area contributed by atoms with E-state index in [-0.39, 0.29) is 48.6 Å². The minimum atomic E-state index is -2.70. The van der Waals surface area contributed by atoms with Crippen LogP contribution in [0.1, 0.15) is 37.3 Å². The summed E-state index contributed by atoms with van der Waals surface area (Å²) in [5.74, 6) is -7.59. The third-order valence-corrected chi connectivity index (χ3v) is 7.86. The number of nitrogens with zero attached hydrogens (tertiary/aromatic N) is 1. The molecule has 0 heterocycles. The number of aromatic hydroxyl groups is 1. The van der Waals surface area contributed by atoms with Crippen molar-refractivity contribution in [3.8, 4) is 5.75 Å². The minimum absolute atomic E-state index is 0. The first kappa shape index (κ1) is 31.1. The van der Waals surface area contributed by atoms with E-state index >= 15 is 0 Å². The number of phenolic OH excluding ortho intramolecular Hbond substituents is 1. The van der Waals surface area contributed by atoms with Crippen molar-refractivity contribution < 1.29 is 39.6 Å². The molecule has 0 bridgehead atoms. The standard InChI is InChI=1S/C27H34N4O8.ClH/c1-4-5-8-29-11-16(32)30-15-7-6-12-9-13-10-14-20(31(2)3)23(35)19(26(28)38)25(37)27(14,39)24(36)18(13)22(34)17(12)21(15)33;/h6-7,13-14,20,29,33-34,37,39H,4-5,8-11H2,1-3H3,(H2,28,38)(H,30,32);1H/t13?,14?,20-,27-;/m0./s1. The fraction of sp³-hybridized carbons (Fsp3) is 0.481. The number of halogens is 1. The van der Waals surface area contributed by atoms with Gasteiger partial charge >= 0.3 is 0 Å². The molecular weight excluding hydrogens is 544 g/mol. The molecule has 0 saturated heterocycles. The molecule has 40 heavy (non-hydrogen) atoms. The zero-order chi connectivity index (χ0) is 28.8. The number of likely N-dealkylation sites (N-methyl/N-ethyl adjacent to an activating group) is 1. The van der Waals surface area contributed by atoms with Crippen molar-refractivity contribution in [1.82, 2.24) is 10.2 Å². The van der Waals surface area contributed by atoms with E-state index in [0.29, 0.717) is 12.1 Å². The van der Waals surface area contributed by atoms with Gasteiger partial charge < -0.3 is 36.8 Å². The van der Waals surface area contributed by atoms with E-state index in [1.807, 2.05) is 6.92 Å². The topological polar surface area (TPSA) is 203 Å². The summed E-state index contributed by atoms with van der Waals surface area (Å²) >= 11 is 0. The van der Waals surface area contributed by atoms with Crippen molar-refractivity contribution in [2.45, 2.75) is 44.2 Å². The molecule has 2 unspecified atom stereocenters. The van der Waals surface area contributed by atoms with Gasteiger partial charge in [0.1, 0.15) is 22.8 Å². The van der Waals surface area contributed by atoms with Crippen LogP contribution in [0.3, 0.4) is 0 Å². The molecule has 8 N–H and O–H groups in total. The zero-order valence-corrected chi connectivity index (χ0v) is 23.3. The number of amides is 2. The molecule has 13 heteroatoms. The molecule has 0 spiro atoms. The number of unbranched alkanes of at least 4 members (excludes halogenated alkanes) is 1. The summed E-state index contributed by atoms with van der Waals surface area (Å²) in [5.41, 5.74) is 1.96. The normalized spacial score (nSPS) is 25.7. The number of aliphatic hydroxyl groups is 3. The summed E-state index contributed by atoms with van der Waals surface area (Å²) in [4.78, 5) is 52.8. The van der Waals surface area contributed by atoms with Crippen molar-refractivity contribution >= 4 is 47.2 Å². The Balaban J connectivity index is 0.00000441. The van der Waals surface area contributed by atoms with Gasteiger partial charge in [0, 0.05) is 11.5 Å². The van der Waals surface area contributed by atoms with Crippen LogP contribution in [0.15, 0.2) is 29.0 Å². The SMILES string of the molecule is CCCCNCC(=O)Nc1ccc2c(c1O)C(O)=C1C(=O)[C@]3(O)C(O)=C(C(N)=O)C(=O)[C@@H](N(C)C)C3CC1C2.Cl. The number of rotatable bonds is 8. The maximum absolute atomic E-state index is 13.8. The molecule has 2 amide bonds. The molecule has 1 saturated carbocycles. The molecule has 4 rings (SSSR count). The fourth-order valence-electron chi connectivity index (χ4n) is 6.02. The Hall–Kier alpha value is -3.45. The molecule has 1 fully saturated rings. The van der Waals surface area contributed by atoms with Crippen LogP contribution in [0.5, 0.6) is 5.75 Å². The number of hydrogen-bond acceptors (Lipinski definition) is 10. The molecule has 12 nitrogen and oxygen atoms in total. The van der Waals surface area contributed by atoms with Gasteiger partial charge in [-0.25, -0.2) is 0 Å². The smallest absolute Gasteiger partial charge is 0.255 e. The second-order valence-corrected chi connectivity index (χ2v) is 10.5. The second-order valence-electron chi connectivity index (χ2n) is 10.5. The molecular formula is C27H35ClN4O8. The first-order chi connectivity index (χ1) is 18.4. The Kier molecular flexibility index (Phi) is 8.99. The van der Waals surface area contributed by atoms with E-state index in [4.69, 9.17) is 5.73 Å². The molecule has 0 radical (unpaired) electrons. The molecule has 0 aliphatic heterocycles. The summed E-state index contributed by atoms with van der Waals surface area (Å²) in [6, 6.07) is 1.97. The van der Waals surface area contributed by atoms with Crippen LogP contribution in [-0.4, -0.2) is 87.5 Å². The van der Waals surface area contributed by atoms with Gasteiger partial charge in [0.25, 0.3) is 5.91 Å². The average molecular weight is 579 g/mol. The second kappa shape index (κ2) is 11.6. The highest BCUT2D eigenvalue weighted by Gasteiger charge is 2.64. The third-order valence-electron chi connectivity index (χ3n) is 7.86. The van der Waals surface area contributed by atoms with Crippen LogP contribution < -0.4 is 16.4 Å². The van der Waals surface area contributed by atoms with Gasteiger partial charge in [0.05, 0.1) is 23.8 Å². The molecule has 3 aliphatic carbocycles. The highest BCUT2D eigenvalue weighted by molar-refractivity contribution is 6.24. The molecule has 1 aromatic carbocycles. The number of primary amides is 1. The van der Waals surface area contributed by atoms with Crippen LogP contribution in [0.2, 0.25) is 0 Å². The Morgan fingerprint density at radius 1 is 1.18 bits per heavy atom. The number of anilines is 1. The number of ketones is 2. The van der Waals surface area contributed by atoms with Crippen molar-refractivity contribution in [3.05, 3.63) is 40.2 Å². The zero-order valence-electron chi connectivity index (χ0n) is 22.5. The van der Waals surface area contributed by atoms with E-state index in [9.17, 15) is 39.6 Å². The van der Waals surface area contributed by atoms with Crippen LogP contribution in [-0.2, 0) is 25.6 Å². The number of carbonyl (C=O) groups excluding carboxylic acids is 4. The summed E-state index contributed by atoms with van der Waals surface area (Å²) in [6.07, 6.45) is 2.05. The van der Waals surface area contributed by atoms with Crippen molar-refractivity contribution in [2.75, 3.05) is 32.5 Å². The van der Waals surface area contributed by atoms with Gasteiger partial charge in [-0.1, -0.05) is 19.4 Å². The Morgan fingerprint density at radius 3 is 2.45 bits per heavy atom. The Labute approximate surface area is 237 Å². The summed E-state index contributed by atoms with van der Waals surface area (Å²) < 4.78 is 0. The minimum Gasteiger partial charge on any atom is -0.508 e. The lowest BCUT2D eigenvalue weighted by Gasteiger charge is -2.50. The Bertz CT molecular complexity index is 1320. The number of nitrogens with two attached hydrogens (primary N) is 1. The number of Topliss-reactive ketones (excluding diaryl/α,β-unsaturated/α-hetero) is 2. The molecule has 218 valence electrons. The number of phenols is 1. The molecule has 0 aromatic heterocycles. The van der Waals surface area contributed by atoms with Gasteiger partial charge in [-0.15, -0.1) is 12.4 Å². The maximum Gasteiger partial charge on any atom is 0.255 e. The summed E-state index contributed by atoms with van der Waals surface area (Å²) in [7, 11) is 3.08. The quantitative estimate of drug-likeness (QED) is 0.131. The molecule has 3 aliphatic rings. The number of hydrogen-bond donors (Lipinski definition) is 7. The predicted octanol–water partition coefficient (Wildman–Crippen LogP) is 0.714. The maximum atomic E-state index is 13.8. The van der Waals surface area contributed by atoms with Crippen LogP contribution >= 0.6 is 12.4 Å². The van der Waals surface area contributed by atoms with Gasteiger partial charge in [-0.2, -0.15) is 0 Å². The van der Waals surface area contributed by atoms with Gasteiger partial charge in [-0.3, -0.25) is 24.1 Å². The number of aliphatic hydroxyl groups excluding tert-OH is 2. The highest BCUT2D eigenvalue weighted by atomic mass is 35.5. The van der Waals surface area contributed by atoms with Gasteiger partial charge in [0.15, 0.2) is 11.4 Å². The third kappa shape index (κ3) is 4.85. The van der Waals surface area contributed by atoms with E-state index in [0.717, 1.165) is 12.8 Å². The summed E-state index contributed by atoms with van der Waals surface area (Å²) in [6.45, 7) is 2.69. The lowest BCUT2D eigenvalue weighted by molar-refractivity contribution is -0.153. The molecule has 1 aromatic rings. The van der Waals surface area contributed by atoms with Gasteiger partial charge in [0.2, 0.25) is 11.7 Å². The lowest BCUT2D eigenvalue weighted by atomic mass is 9.57. The number of fused-ring (bicyclic) bond motifs is 3. The van der Waals surface area contributed by atoms with Crippen LogP contribution in [0, 0.1) is 11.8 Å². The van der Waals surface area contributed by atoms with Crippen molar-refractivity contribution in [3.63, 3.8) is 0 Å². The summed E-state index contributed by atoms with van der Waals surface area (Å²) in [5, 5.41) is 50.3. The monoisotopic (exact) mass is 578 g/mol. The van der Waals surface area contributed by atoms with E-state index in [2.05, 4.69) is 10.6 Å². The van der Waals surface area contributed by atoms with Crippen molar-refractivity contribution in [2.24, 2.45) is 17.6 Å². The molecule has 4 atom stereocenters. The lowest BCUT2D eigenvalue weighted by Crippen LogP contribution is -2.65. The van der Waals surface area contributed by atoms with E-state index in [1.54, 1.807) is 20.2 Å². The fourth-order valence-corrected chi connectivity index (χ4v) is 6.02. The van der Waals surface area contributed by atoms with Crippen LogP contribution in [0.25, 0.3) is 5.76 Å². The number of carbonyl (C=O) groups is 4. The van der Waals surface area contributed by atoms with Crippen LogP contribution in [0.4, 0.5) is 5.69 Å². The first-order valence-corrected chi connectivity index (χ1v) is 12.9. The van der Waals surface area contributed by atoms with Gasteiger partial charge in [-0.05, 0) is 57.5 Å². The number of nitrogens with one attached hydrogen (secondary N) is 2.